The van der Waals surface area contributed by atoms with Crippen LogP contribution in [0.3, 0.4) is 0 Å². The zero-order chi connectivity index (χ0) is 10.5. The van der Waals surface area contributed by atoms with Crippen molar-refractivity contribution in [3.8, 4) is 0 Å². The van der Waals surface area contributed by atoms with Gasteiger partial charge < -0.3 is 9.80 Å². The molecule has 0 aromatic heterocycles. The highest BCUT2D eigenvalue weighted by molar-refractivity contribution is 5.94. The van der Waals surface area contributed by atoms with Gasteiger partial charge in [-0.2, -0.15) is 0 Å². The second kappa shape index (κ2) is 3.08. The Morgan fingerprint density at radius 2 is 2.07 bits per heavy atom. The minimum Gasteiger partial charge on any atom is -0.355 e. The molecule has 1 atom stereocenters. The molecule has 0 saturated carbocycles. The number of rotatable bonds is 0. The zero-order valence-corrected chi connectivity index (χ0v) is 9.61. The molecule has 1 spiro atoms. The van der Waals surface area contributed by atoms with Gasteiger partial charge in [0.25, 0.3) is 0 Å². The van der Waals surface area contributed by atoms with Crippen molar-refractivity contribution < 1.29 is 0 Å². The molecule has 82 valence electrons. The smallest absolute Gasteiger partial charge is 0.123 e. The molecule has 2 saturated heterocycles. The summed E-state index contributed by atoms with van der Waals surface area (Å²) in [5, 5.41) is 0. The Hall–Kier alpha value is -0.830. The van der Waals surface area contributed by atoms with E-state index in [4.69, 9.17) is 0 Å². The zero-order valence-electron chi connectivity index (χ0n) is 9.61. The topological polar surface area (TPSA) is 18.8 Å². The molecule has 3 heterocycles. The third-order valence-corrected chi connectivity index (χ3v) is 3.70. The highest BCUT2D eigenvalue weighted by Crippen LogP contribution is 2.39. The van der Waals surface area contributed by atoms with Gasteiger partial charge in [0.1, 0.15) is 5.84 Å². The quantitative estimate of drug-likeness (QED) is 0.583. The van der Waals surface area contributed by atoms with Crippen LogP contribution < -0.4 is 0 Å². The van der Waals surface area contributed by atoms with Crippen molar-refractivity contribution in [1.29, 1.82) is 0 Å². The molecule has 0 aliphatic carbocycles. The standard InChI is InChI=1S/C12H19N3/c1-10-3-4-11(13-5-10)15-8-12(9-15)6-14(2)7-12/h3-4,10H,5-9H2,1-2H3. The Morgan fingerprint density at radius 3 is 2.60 bits per heavy atom. The molecular formula is C12H19N3. The van der Waals surface area contributed by atoms with Gasteiger partial charge in [0.2, 0.25) is 0 Å². The molecule has 2 fully saturated rings. The van der Waals surface area contributed by atoms with Crippen LogP contribution in [0.2, 0.25) is 0 Å². The van der Waals surface area contributed by atoms with Gasteiger partial charge in [0, 0.05) is 38.1 Å². The number of hydrogen-bond donors (Lipinski definition) is 0. The molecule has 3 nitrogen and oxygen atoms in total. The molecule has 3 aliphatic heterocycles. The Bertz CT molecular complexity index is 318. The summed E-state index contributed by atoms with van der Waals surface area (Å²) in [6, 6.07) is 0. The van der Waals surface area contributed by atoms with E-state index in [9.17, 15) is 0 Å². The predicted octanol–water partition coefficient (Wildman–Crippen LogP) is 0.838. The summed E-state index contributed by atoms with van der Waals surface area (Å²) in [6.07, 6.45) is 4.48. The van der Waals surface area contributed by atoms with Crippen LogP contribution in [0.15, 0.2) is 17.1 Å². The van der Waals surface area contributed by atoms with E-state index >= 15 is 0 Å². The molecule has 3 aliphatic rings. The van der Waals surface area contributed by atoms with Crippen molar-refractivity contribution >= 4 is 5.84 Å². The molecule has 0 N–H and O–H groups in total. The van der Waals surface area contributed by atoms with Gasteiger partial charge in [0.15, 0.2) is 0 Å². The highest BCUT2D eigenvalue weighted by atomic mass is 15.3. The van der Waals surface area contributed by atoms with Gasteiger partial charge in [-0.05, 0) is 19.0 Å². The summed E-state index contributed by atoms with van der Waals surface area (Å²) in [5.74, 6) is 1.84. The fraction of sp³-hybridized carbons (Fsp3) is 0.750. The lowest BCUT2D eigenvalue weighted by Crippen LogP contribution is -2.71. The number of amidine groups is 1. The molecule has 0 radical (unpaired) electrons. The normalized spacial score (nSPS) is 33.6. The summed E-state index contributed by atoms with van der Waals surface area (Å²) in [7, 11) is 2.20. The Labute approximate surface area is 91.5 Å². The van der Waals surface area contributed by atoms with Crippen molar-refractivity contribution in [1.82, 2.24) is 9.80 Å². The van der Waals surface area contributed by atoms with E-state index < -0.39 is 0 Å². The molecule has 0 aromatic carbocycles. The molecule has 3 rings (SSSR count). The number of likely N-dealkylation sites (tertiary alicyclic amines) is 2. The lowest BCUT2D eigenvalue weighted by Gasteiger charge is -2.60. The van der Waals surface area contributed by atoms with Crippen molar-refractivity contribution in [3.05, 3.63) is 12.2 Å². The van der Waals surface area contributed by atoms with Crippen molar-refractivity contribution in [2.45, 2.75) is 6.92 Å². The summed E-state index contributed by atoms with van der Waals surface area (Å²) in [5.41, 5.74) is 0.619. The average molecular weight is 205 g/mol. The van der Waals surface area contributed by atoms with Crippen LogP contribution in [-0.2, 0) is 0 Å². The molecule has 0 amide bonds. The Morgan fingerprint density at radius 1 is 1.33 bits per heavy atom. The summed E-state index contributed by atoms with van der Waals surface area (Å²) < 4.78 is 0. The molecule has 1 unspecified atom stereocenters. The van der Waals surface area contributed by atoms with E-state index in [2.05, 4.69) is 40.9 Å². The van der Waals surface area contributed by atoms with E-state index in [1.807, 2.05) is 0 Å². The monoisotopic (exact) mass is 205 g/mol. The first-order chi connectivity index (χ1) is 7.17. The van der Waals surface area contributed by atoms with Gasteiger partial charge in [-0.3, -0.25) is 4.99 Å². The maximum absolute atomic E-state index is 4.62. The van der Waals surface area contributed by atoms with Gasteiger partial charge in [-0.1, -0.05) is 13.0 Å². The minimum atomic E-state index is 0.619. The van der Waals surface area contributed by atoms with Crippen LogP contribution in [0.25, 0.3) is 0 Å². The predicted molar refractivity (Wildman–Crippen MR) is 62.1 cm³/mol. The maximum atomic E-state index is 4.62. The van der Waals surface area contributed by atoms with Crippen molar-refractivity contribution in [2.75, 3.05) is 39.8 Å². The average Bonchev–Trinajstić information content (AvgIpc) is 2.11. The van der Waals surface area contributed by atoms with E-state index in [-0.39, 0.29) is 0 Å². The van der Waals surface area contributed by atoms with Crippen LogP contribution in [-0.4, -0.2) is 55.4 Å². The molecule has 3 heteroatoms. The van der Waals surface area contributed by atoms with Gasteiger partial charge in [0.05, 0.1) is 0 Å². The molecule has 0 bridgehead atoms. The first-order valence-corrected chi connectivity index (χ1v) is 5.83. The number of nitrogens with zero attached hydrogens (tertiary/aromatic N) is 3. The number of dihydropyridines is 1. The SMILES string of the molecule is CC1C=CC(N2CC3(CN(C)C3)C2)=NC1. The second-order valence-electron chi connectivity index (χ2n) is 5.56. The third-order valence-electron chi connectivity index (χ3n) is 3.70. The summed E-state index contributed by atoms with van der Waals surface area (Å²) in [6.45, 7) is 8.17. The van der Waals surface area contributed by atoms with Gasteiger partial charge in [-0.25, -0.2) is 0 Å². The number of hydrogen-bond acceptors (Lipinski definition) is 3. The molecular weight excluding hydrogens is 186 g/mol. The first-order valence-electron chi connectivity index (χ1n) is 5.83. The largest absolute Gasteiger partial charge is 0.355 e. The van der Waals surface area contributed by atoms with E-state index in [1.165, 1.54) is 32.0 Å². The Kier molecular flexibility index (Phi) is 1.93. The highest BCUT2D eigenvalue weighted by Gasteiger charge is 2.50. The van der Waals surface area contributed by atoms with Crippen molar-refractivity contribution in [2.24, 2.45) is 16.3 Å². The first kappa shape index (κ1) is 9.40. The Balaban J connectivity index is 1.57. The third kappa shape index (κ3) is 1.49. The minimum absolute atomic E-state index is 0.619. The van der Waals surface area contributed by atoms with Crippen LogP contribution in [0.1, 0.15) is 6.92 Å². The fourth-order valence-electron chi connectivity index (χ4n) is 3.03. The lowest BCUT2D eigenvalue weighted by atomic mass is 9.73. The lowest BCUT2D eigenvalue weighted by molar-refractivity contribution is -0.0734. The molecule has 15 heavy (non-hydrogen) atoms. The number of aliphatic imine (C=N–C) groups is 1. The van der Waals surface area contributed by atoms with Crippen LogP contribution in [0, 0.1) is 11.3 Å². The van der Waals surface area contributed by atoms with Crippen LogP contribution >= 0.6 is 0 Å². The van der Waals surface area contributed by atoms with Crippen LogP contribution in [0.5, 0.6) is 0 Å². The van der Waals surface area contributed by atoms with Gasteiger partial charge in [-0.15, -0.1) is 0 Å². The molecule has 0 aromatic rings. The van der Waals surface area contributed by atoms with Crippen LogP contribution in [0.4, 0.5) is 0 Å². The van der Waals surface area contributed by atoms with E-state index in [0.29, 0.717) is 11.3 Å². The van der Waals surface area contributed by atoms with Crippen molar-refractivity contribution in [3.63, 3.8) is 0 Å². The fourth-order valence-corrected chi connectivity index (χ4v) is 3.03. The summed E-state index contributed by atoms with van der Waals surface area (Å²) >= 11 is 0. The summed E-state index contributed by atoms with van der Waals surface area (Å²) in [4.78, 5) is 9.44. The van der Waals surface area contributed by atoms with Gasteiger partial charge >= 0.3 is 0 Å². The van der Waals surface area contributed by atoms with E-state index in [1.54, 1.807) is 0 Å². The second-order valence-corrected chi connectivity index (χ2v) is 5.56. The van der Waals surface area contributed by atoms with E-state index in [0.717, 1.165) is 6.54 Å². The maximum Gasteiger partial charge on any atom is 0.123 e.